The van der Waals surface area contributed by atoms with Crippen molar-refractivity contribution < 1.29 is 9.53 Å². The van der Waals surface area contributed by atoms with Crippen molar-refractivity contribution in [3.8, 4) is 10.0 Å². The van der Waals surface area contributed by atoms with Crippen LogP contribution in [0.3, 0.4) is 0 Å². The zero-order valence-corrected chi connectivity index (χ0v) is 9.95. The largest absolute Gasteiger partial charge is 0.464 e. The first kappa shape index (κ1) is 10.5. The van der Waals surface area contributed by atoms with Crippen LogP contribution in [-0.2, 0) is 4.74 Å². The predicted molar refractivity (Wildman–Crippen MR) is 59.6 cm³/mol. The molecule has 15 heavy (non-hydrogen) atoms. The maximum Gasteiger partial charge on any atom is 0.357 e. The Kier molecular flexibility index (Phi) is 2.99. The van der Waals surface area contributed by atoms with Crippen LogP contribution >= 0.6 is 34.3 Å². The van der Waals surface area contributed by atoms with E-state index in [1.165, 1.54) is 29.8 Å². The van der Waals surface area contributed by atoms with E-state index in [4.69, 9.17) is 11.6 Å². The maximum atomic E-state index is 11.1. The Morgan fingerprint density at radius 3 is 2.93 bits per heavy atom. The van der Waals surface area contributed by atoms with E-state index in [2.05, 4.69) is 14.7 Å². The van der Waals surface area contributed by atoms with Crippen LogP contribution in [0.15, 0.2) is 11.6 Å². The van der Waals surface area contributed by atoms with Gasteiger partial charge in [0.05, 0.1) is 13.3 Å². The lowest BCUT2D eigenvalue weighted by atomic mass is 10.5. The number of hydrogen-bond donors (Lipinski definition) is 0. The van der Waals surface area contributed by atoms with Gasteiger partial charge in [-0.2, -0.15) is 0 Å². The molecule has 0 aliphatic heterocycles. The molecule has 0 fully saturated rings. The summed E-state index contributed by atoms with van der Waals surface area (Å²) >= 11 is 8.41. The monoisotopic (exact) mass is 260 g/mol. The first-order chi connectivity index (χ1) is 7.20. The fourth-order valence-electron chi connectivity index (χ4n) is 0.924. The van der Waals surface area contributed by atoms with Crippen molar-refractivity contribution in [3.05, 3.63) is 21.6 Å². The molecule has 4 nitrogen and oxygen atoms in total. The lowest BCUT2D eigenvalue weighted by Gasteiger charge is -1.90. The third-order valence-corrected chi connectivity index (χ3v) is 3.66. The van der Waals surface area contributed by atoms with Crippen molar-refractivity contribution in [2.45, 2.75) is 0 Å². The van der Waals surface area contributed by atoms with Gasteiger partial charge in [-0.25, -0.2) is 14.8 Å². The fraction of sp³-hybridized carbons (Fsp3) is 0.125. The summed E-state index contributed by atoms with van der Waals surface area (Å²) in [5, 5.41) is 3.02. The van der Waals surface area contributed by atoms with Gasteiger partial charge in [0.25, 0.3) is 0 Å². The van der Waals surface area contributed by atoms with Gasteiger partial charge in [0.15, 0.2) is 15.7 Å². The molecule has 0 spiro atoms. The van der Waals surface area contributed by atoms with E-state index >= 15 is 0 Å². The highest BCUT2D eigenvalue weighted by Gasteiger charge is 2.13. The summed E-state index contributed by atoms with van der Waals surface area (Å²) < 4.78 is 5.15. The molecule has 0 bridgehead atoms. The van der Waals surface area contributed by atoms with Crippen molar-refractivity contribution in [3.63, 3.8) is 0 Å². The zero-order chi connectivity index (χ0) is 10.8. The summed E-state index contributed by atoms with van der Waals surface area (Å²) in [5.74, 6) is -0.444. The molecule has 0 unspecified atom stereocenters. The SMILES string of the molecule is COC(=O)c1csc(-c2ncc(Cl)s2)n1. The van der Waals surface area contributed by atoms with Crippen LogP contribution in [0.5, 0.6) is 0 Å². The summed E-state index contributed by atoms with van der Waals surface area (Å²) in [7, 11) is 1.32. The smallest absolute Gasteiger partial charge is 0.357 e. The molecule has 0 aromatic carbocycles. The number of carbonyl (C=O) groups excluding carboxylic acids is 1. The lowest BCUT2D eigenvalue weighted by Crippen LogP contribution is -2.00. The summed E-state index contributed by atoms with van der Waals surface area (Å²) in [6, 6.07) is 0. The number of esters is 1. The molecule has 0 radical (unpaired) electrons. The molecule has 78 valence electrons. The minimum atomic E-state index is -0.444. The molecule has 0 saturated heterocycles. The topological polar surface area (TPSA) is 52.1 Å². The van der Waals surface area contributed by atoms with Gasteiger partial charge in [0.2, 0.25) is 0 Å². The van der Waals surface area contributed by atoms with Gasteiger partial charge in [-0.15, -0.1) is 11.3 Å². The average Bonchev–Trinajstić information content (AvgIpc) is 2.84. The molecule has 0 aliphatic rings. The summed E-state index contributed by atoms with van der Waals surface area (Å²) in [6.07, 6.45) is 1.56. The number of thiazole rings is 2. The van der Waals surface area contributed by atoms with Crippen LogP contribution in [0.1, 0.15) is 10.5 Å². The average molecular weight is 261 g/mol. The van der Waals surface area contributed by atoms with Gasteiger partial charge >= 0.3 is 5.97 Å². The van der Waals surface area contributed by atoms with Crippen molar-refractivity contribution >= 4 is 40.2 Å². The van der Waals surface area contributed by atoms with Crippen molar-refractivity contribution in [2.24, 2.45) is 0 Å². The second-order valence-electron chi connectivity index (χ2n) is 2.50. The minimum absolute atomic E-state index is 0.295. The molecule has 7 heteroatoms. The molecule has 0 atom stereocenters. The summed E-state index contributed by atoms with van der Waals surface area (Å²) in [4.78, 5) is 19.3. The van der Waals surface area contributed by atoms with Crippen LogP contribution in [0.4, 0.5) is 0 Å². The maximum absolute atomic E-state index is 11.1. The van der Waals surface area contributed by atoms with Gasteiger partial charge in [0.1, 0.15) is 4.34 Å². The second-order valence-corrected chi connectivity index (χ2v) is 5.02. The number of nitrogens with zero attached hydrogens (tertiary/aromatic N) is 2. The highest BCUT2D eigenvalue weighted by Crippen LogP contribution is 2.30. The quantitative estimate of drug-likeness (QED) is 0.779. The number of hydrogen-bond acceptors (Lipinski definition) is 6. The molecular weight excluding hydrogens is 256 g/mol. The standard InChI is InChI=1S/C8H5ClN2O2S2/c1-13-8(12)4-3-14-7(11-4)6-10-2-5(9)15-6/h2-3H,1H3. The third kappa shape index (κ3) is 2.17. The lowest BCUT2D eigenvalue weighted by molar-refractivity contribution is 0.0595. The number of aromatic nitrogens is 2. The van der Waals surface area contributed by atoms with Gasteiger partial charge in [-0.3, -0.25) is 0 Å². The van der Waals surface area contributed by atoms with Gasteiger partial charge in [-0.1, -0.05) is 22.9 Å². The van der Waals surface area contributed by atoms with Gasteiger partial charge in [0, 0.05) is 5.38 Å². The van der Waals surface area contributed by atoms with Crippen molar-refractivity contribution in [2.75, 3.05) is 7.11 Å². The zero-order valence-electron chi connectivity index (χ0n) is 7.56. The summed E-state index contributed by atoms with van der Waals surface area (Å²) in [6.45, 7) is 0. The molecule has 2 rings (SSSR count). The van der Waals surface area contributed by atoms with Crippen molar-refractivity contribution in [1.29, 1.82) is 0 Å². The Balaban J connectivity index is 2.31. The Bertz CT molecular complexity index is 494. The van der Waals surface area contributed by atoms with Crippen LogP contribution in [-0.4, -0.2) is 23.0 Å². The van der Waals surface area contributed by atoms with E-state index in [0.29, 0.717) is 20.0 Å². The van der Waals surface area contributed by atoms with Crippen molar-refractivity contribution in [1.82, 2.24) is 9.97 Å². The molecule has 0 N–H and O–H groups in total. The number of ether oxygens (including phenoxy) is 1. The Morgan fingerprint density at radius 2 is 2.33 bits per heavy atom. The van der Waals surface area contributed by atoms with E-state index in [-0.39, 0.29) is 0 Å². The molecule has 2 aromatic rings. The first-order valence-electron chi connectivity index (χ1n) is 3.86. The molecule has 2 heterocycles. The normalized spacial score (nSPS) is 10.3. The minimum Gasteiger partial charge on any atom is -0.464 e. The van der Waals surface area contributed by atoms with Gasteiger partial charge < -0.3 is 4.74 Å². The van der Waals surface area contributed by atoms with E-state index in [9.17, 15) is 4.79 Å². The van der Waals surface area contributed by atoms with Gasteiger partial charge in [-0.05, 0) is 0 Å². The highest BCUT2D eigenvalue weighted by atomic mass is 35.5. The number of methoxy groups -OCH3 is 1. The molecule has 0 saturated carbocycles. The number of carbonyl (C=O) groups is 1. The number of halogens is 1. The molecule has 0 aliphatic carbocycles. The number of rotatable bonds is 2. The van der Waals surface area contributed by atoms with Crippen LogP contribution in [0.2, 0.25) is 4.34 Å². The summed E-state index contributed by atoms with van der Waals surface area (Å²) in [5.41, 5.74) is 0.295. The Morgan fingerprint density at radius 1 is 1.53 bits per heavy atom. The second kappa shape index (κ2) is 4.26. The highest BCUT2D eigenvalue weighted by molar-refractivity contribution is 7.23. The fourth-order valence-corrected chi connectivity index (χ4v) is 2.67. The predicted octanol–water partition coefficient (Wildman–Crippen LogP) is 2.71. The first-order valence-corrected chi connectivity index (χ1v) is 5.93. The van der Waals surface area contributed by atoms with Crippen LogP contribution < -0.4 is 0 Å². The van der Waals surface area contributed by atoms with E-state index < -0.39 is 5.97 Å². The van der Waals surface area contributed by atoms with E-state index in [1.807, 2.05) is 0 Å². The molecular formula is C8H5ClN2O2S2. The van der Waals surface area contributed by atoms with E-state index in [0.717, 1.165) is 0 Å². The Hall–Kier alpha value is -0.980. The Labute approximate surface area is 98.5 Å². The van der Waals surface area contributed by atoms with Crippen LogP contribution in [0.25, 0.3) is 10.0 Å². The molecule has 0 amide bonds. The molecule has 2 aromatic heterocycles. The van der Waals surface area contributed by atoms with E-state index in [1.54, 1.807) is 11.6 Å². The third-order valence-electron chi connectivity index (χ3n) is 1.56. The van der Waals surface area contributed by atoms with Crippen LogP contribution in [0, 0.1) is 0 Å².